The van der Waals surface area contributed by atoms with Crippen LogP contribution in [0.25, 0.3) is 0 Å². The molecule has 0 fully saturated rings. The lowest BCUT2D eigenvalue weighted by Gasteiger charge is -2.25. The number of benzene rings is 2. The van der Waals surface area contributed by atoms with Crippen LogP contribution in [-0.2, 0) is 19.1 Å². The van der Waals surface area contributed by atoms with E-state index in [1.54, 1.807) is 12.1 Å². The van der Waals surface area contributed by atoms with Crippen LogP contribution in [0, 0.1) is 0 Å². The lowest BCUT2D eigenvalue weighted by atomic mass is 10.1. The molecule has 1 aliphatic rings. The molecule has 3 rings (SSSR count). The number of hydrogen-bond acceptors (Lipinski definition) is 7. The van der Waals surface area contributed by atoms with Gasteiger partial charge in [0.2, 0.25) is 0 Å². The normalized spacial score (nSPS) is 14.9. The number of carbonyl (C=O) groups excluding carboxylic acids is 1. The van der Waals surface area contributed by atoms with Crippen molar-refractivity contribution in [1.82, 2.24) is 0 Å². The van der Waals surface area contributed by atoms with E-state index in [0.717, 1.165) is 4.47 Å². The van der Waals surface area contributed by atoms with Crippen molar-refractivity contribution in [3.05, 3.63) is 46.4 Å². The number of nitrogens with two attached hydrogens (primary N) is 1. The molecule has 0 unspecified atom stereocenters. The smallest absolute Gasteiger partial charge is 0.297 e. The van der Waals surface area contributed by atoms with Gasteiger partial charge in [0, 0.05) is 16.6 Å². The Morgan fingerprint density at radius 3 is 2.62 bits per heavy atom. The zero-order valence-electron chi connectivity index (χ0n) is 13.3. The van der Waals surface area contributed by atoms with Crippen LogP contribution in [0.15, 0.2) is 45.8 Å². The Bertz CT molecular complexity index is 946. The molecule has 1 atom stereocenters. The molecule has 0 aromatic heterocycles. The van der Waals surface area contributed by atoms with Crippen molar-refractivity contribution in [2.45, 2.75) is 11.0 Å². The van der Waals surface area contributed by atoms with Crippen LogP contribution in [0.5, 0.6) is 11.5 Å². The van der Waals surface area contributed by atoms with Crippen LogP contribution in [0.3, 0.4) is 0 Å². The number of aromatic hydroxyl groups is 1. The second kappa shape index (κ2) is 7.23. The van der Waals surface area contributed by atoms with Crippen LogP contribution < -0.4 is 15.8 Å². The van der Waals surface area contributed by atoms with Gasteiger partial charge in [0.1, 0.15) is 17.5 Å². The standard InChI is InChI=1S/C16H15BrN2O6S/c17-9-1-3-10(4-2-9)26(22,23)25-13(7-18)11-5-6-12(20)15-16(11)24-8-14(21)19-15/h1-6,13,20H,7-8,18H2,(H,19,21)/t13-/m0/s1. The fourth-order valence-electron chi connectivity index (χ4n) is 2.46. The van der Waals surface area contributed by atoms with E-state index in [2.05, 4.69) is 21.2 Å². The highest BCUT2D eigenvalue weighted by molar-refractivity contribution is 9.10. The van der Waals surface area contributed by atoms with Crippen LogP contribution in [-0.4, -0.2) is 32.6 Å². The van der Waals surface area contributed by atoms with Gasteiger partial charge in [-0.2, -0.15) is 8.42 Å². The molecule has 0 radical (unpaired) electrons. The molecular formula is C16H15BrN2O6S. The molecule has 1 heterocycles. The van der Waals surface area contributed by atoms with E-state index in [0.29, 0.717) is 5.56 Å². The maximum Gasteiger partial charge on any atom is 0.297 e. The molecule has 4 N–H and O–H groups in total. The molecule has 1 amide bonds. The van der Waals surface area contributed by atoms with Crippen LogP contribution >= 0.6 is 15.9 Å². The lowest BCUT2D eigenvalue weighted by molar-refractivity contribution is -0.118. The summed E-state index contributed by atoms with van der Waals surface area (Å²) < 4.78 is 36.4. The van der Waals surface area contributed by atoms with E-state index < -0.39 is 22.1 Å². The van der Waals surface area contributed by atoms with Gasteiger partial charge in [-0.05, 0) is 36.4 Å². The summed E-state index contributed by atoms with van der Waals surface area (Å²) in [5.74, 6) is -0.507. The first-order chi connectivity index (χ1) is 12.3. The van der Waals surface area contributed by atoms with Crippen molar-refractivity contribution in [3.8, 4) is 11.5 Å². The Kier molecular flexibility index (Phi) is 5.19. The van der Waals surface area contributed by atoms with Crippen LogP contribution in [0.4, 0.5) is 5.69 Å². The highest BCUT2D eigenvalue weighted by Crippen LogP contribution is 2.42. The van der Waals surface area contributed by atoms with Gasteiger partial charge in [-0.3, -0.25) is 8.98 Å². The first kappa shape index (κ1) is 18.6. The molecule has 0 aliphatic carbocycles. The van der Waals surface area contributed by atoms with Gasteiger partial charge >= 0.3 is 0 Å². The number of hydrogen-bond donors (Lipinski definition) is 3. The largest absolute Gasteiger partial charge is 0.506 e. The summed E-state index contributed by atoms with van der Waals surface area (Å²) in [5.41, 5.74) is 6.07. The van der Waals surface area contributed by atoms with Gasteiger partial charge in [0.15, 0.2) is 12.4 Å². The Labute approximate surface area is 158 Å². The quantitative estimate of drug-likeness (QED) is 0.476. The predicted octanol–water partition coefficient (Wildman–Crippen LogP) is 1.89. The summed E-state index contributed by atoms with van der Waals surface area (Å²) in [5, 5.41) is 12.4. The summed E-state index contributed by atoms with van der Waals surface area (Å²) in [6.07, 6.45) is -1.06. The molecule has 138 valence electrons. The maximum absolute atomic E-state index is 12.5. The minimum Gasteiger partial charge on any atom is -0.506 e. The van der Waals surface area contributed by atoms with Gasteiger partial charge in [0.25, 0.3) is 16.0 Å². The van der Waals surface area contributed by atoms with E-state index in [1.165, 1.54) is 24.3 Å². The van der Waals surface area contributed by atoms with Crippen molar-refractivity contribution in [1.29, 1.82) is 0 Å². The summed E-state index contributed by atoms with van der Waals surface area (Å²) in [6.45, 7) is -0.426. The third-order valence-electron chi connectivity index (χ3n) is 3.68. The monoisotopic (exact) mass is 442 g/mol. The third-order valence-corrected chi connectivity index (χ3v) is 5.55. The zero-order valence-corrected chi connectivity index (χ0v) is 15.7. The molecule has 2 aromatic rings. The summed E-state index contributed by atoms with van der Waals surface area (Å²) in [4.78, 5) is 11.4. The summed E-state index contributed by atoms with van der Waals surface area (Å²) in [6, 6.07) is 8.71. The minimum absolute atomic E-state index is 0.0268. The number of halogens is 1. The van der Waals surface area contributed by atoms with E-state index in [1.807, 2.05) is 0 Å². The number of amides is 1. The van der Waals surface area contributed by atoms with Gasteiger partial charge in [-0.15, -0.1) is 0 Å². The molecule has 1 aliphatic heterocycles. The molecule has 0 saturated carbocycles. The Hall–Kier alpha value is -2.14. The topological polar surface area (TPSA) is 128 Å². The van der Waals surface area contributed by atoms with E-state index in [4.69, 9.17) is 14.7 Å². The van der Waals surface area contributed by atoms with E-state index in [-0.39, 0.29) is 35.2 Å². The number of phenolic OH excluding ortho intramolecular Hbond substituents is 1. The first-order valence-corrected chi connectivity index (χ1v) is 9.69. The fraction of sp³-hybridized carbons (Fsp3) is 0.188. The second-order valence-electron chi connectivity index (χ2n) is 5.44. The molecule has 8 nitrogen and oxygen atoms in total. The molecular weight excluding hydrogens is 428 g/mol. The highest BCUT2D eigenvalue weighted by atomic mass is 79.9. The van der Waals surface area contributed by atoms with Gasteiger partial charge in [0.05, 0.1) is 4.90 Å². The summed E-state index contributed by atoms with van der Waals surface area (Å²) in [7, 11) is -4.09. The fourth-order valence-corrected chi connectivity index (χ4v) is 3.79. The Morgan fingerprint density at radius 2 is 1.96 bits per heavy atom. The molecule has 0 bridgehead atoms. The van der Waals surface area contributed by atoms with E-state index in [9.17, 15) is 18.3 Å². The molecule has 0 saturated heterocycles. The zero-order chi connectivity index (χ0) is 18.9. The number of anilines is 1. The van der Waals surface area contributed by atoms with Crippen molar-refractivity contribution < 1.29 is 27.2 Å². The maximum atomic E-state index is 12.5. The number of rotatable bonds is 5. The van der Waals surface area contributed by atoms with Crippen molar-refractivity contribution in [2.24, 2.45) is 5.73 Å². The predicted molar refractivity (Wildman–Crippen MR) is 96.4 cm³/mol. The average Bonchev–Trinajstić information content (AvgIpc) is 2.61. The number of ether oxygens (including phenoxy) is 1. The Balaban J connectivity index is 1.96. The van der Waals surface area contributed by atoms with Crippen LogP contribution in [0.2, 0.25) is 0 Å². The second-order valence-corrected chi connectivity index (χ2v) is 7.93. The number of carbonyl (C=O) groups is 1. The van der Waals surface area contributed by atoms with Gasteiger partial charge in [-0.1, -0.05) is 15.9 Å². The minimum atomic E-state index is -4.09. The highest BCUT2D eigenvalue weighted by Gasteiger charge is 2.29. The lowest BCUT2D eigenvalue weighted by Crippen LogP contribution is -2.28. The van der Waals surface area contributed by atoms with Crippen molar-refractivity contribution in [3.63, 3.8) is 0 Å². The average molecular weight is 443 g/mol. The summed E-state index contributed by atoms with van der Waals surface area (Å²) >= 11 is 3.24. The SMILES string of the molecule is NC[C@H](OS(=O)(=O)c1ccc(Br)cc1)c1ccc(O)c2c1OCC(=O)N2. The number of fused-ring (bicyclic) bond motifs is 1. The van der Waals surface area contributed by atoms with Gasteiger partial charge in [-0.25, -0.2) is 0 Å². The Morgan fingerprint density at radius 1 is 1.27 bits per heavy atom. The van der Waals surface area contributed by atoms with Crippen LogP contribution in [0.1, 0.15) is 11.7 Å². The number of nitrogens with one attached hydrogen (secondary N) is 1. The molecule has 26 heavy (non-hydrogen) atoms. The van der Waals surface area contributed by atoms with Crippen molar-refractivity contribution in [2.75, 3.05) is 18.5 Å². The third kappa shape index (κ3) is 3.68. The molecule has 0 spiro atoms. The van der Waals surface area contributed by atoms with E-state index >= 15 is 0 Å². The number of phenols is 1. The first-order valence-electron chi connectivity index (χ1n) is 7.49. The van der Waals surface area contributed by atoms with Gasteiger partial charge < -0.3 is 20.9 Å². The van der Waals surface area contributed by atoms with Crippen molar-refractivity contribution >= 4 is 37.6 Å². The molecule has 2 aromatic carbocycles. The molecule has 10 heteroatoms.